The van der Waals surface area contributed by atoms with E-state index in [4.69, 9.17) is 0 Å². The molecule has 1 atom stereocenters. The first-order valence-electron chi connectivity index (χ1n) is 10.5. The van der Waals surface area contributed by atoms with Gasteiger partial charge < -0.3 is 10.2 Å². The quantitative estimate of drug-likeness (QED) is 0.634. The number of aryl methyl sites for hydroxylation is 1. The van der Waals surface area contributed by atoms with Gasteiger partial charge in [0.15, 0.2) is 5.17 Å². The van der Waals surface area contributed by atoms with Crippen LogP contribution in [-0.4, -0.2) is 23.7 Å². The number of anilines is 1. The van der Waals surface area contributed by atoms with E-state index in [1.54, 1.807) is 0 Å². The molecule has 0 saturated carbocycles. The number of fused-ring (bicyclic) bond motifs is 1. The Morgan fingerprint density at radius 2 is 1.97 bits per heavy atom. The average molecular weight is 420 g/mol. The van der Waals surface area contributed by atoms with Crippen LogP contribution in [-0.2, 0) is 11.2 Å². The molecule has 1 amide bonds. The maximum atomic E-state index is 12.5. The maximum absolute atomic E-state index is 12.5. The highest BCUT2D eigenvalue weighted by Gasteiger charge is 2.34. The van der Waals surface area contributed by atoms with E-state index in [2.05, 4.69) is 80.3 Å². The molecule has 1 N–H and O–H groups in total. The van der Waals surface area contributed by atoms with Crippen LogP contribution in [0, 0.1) is 0 Å². The van der Waals surface area contributed by atoms with E-state index in [0.29, 0.717) is 16.0 Å². The minimum atomic E-state index is -0.0899. The number of rotatable bonds is 3. The summed E-state index contributed by atoms with van der Waals surface area (Å²) in [4.78, 5) is 20.1. The minimum absolute atomic E-state index is 0.0899. The molecule has 0 bridgehead atoms. The second-order valence-electron chi connectivity index (χ2n) is 8.80. The van der Waals surface area contributed by atoms with Gasteiger partial charge in [0.05, 0.1) is 10.6 Å². The Kier molecular flexibility index (Phi) is 5.49. The number of nitrogens with one attached hydrogen (secondary N) is 1. The van der Waals surface area contributed by atoms with Crippen molar-refractivity contribution in [2.75, 3.05) is 11.9 Å². The summed E-state index contributed by atoms with van der Waals surface area (Å²) in [6.07, 6.45) is 4.08. The average Bonchev–Trinajstić information content (AvgIpc) is 3.05. The third kappa shape index (κ3) is 4.04. The molecule has 5 heteroatoms. The van der Waals surface area contributed by atoms with E-state index in [1.165, 1.54) is 28.6 Å². The van der Waals surface area contributed by atoms with Crippen molar-refractivity contribution < 1.29 is 4.79 Å². The van der Waals surface area contributed by atoms with Gasteiger partial charge in [-0.2, -0.15) is 0 Å². The minimum Gasteiger partial charge on any atom is -0.369 e. The van der Waals surface area contributed by atoms with Crippen LogP contribution in [0.3, 0.4) is 0 Å². The number of carbonyl (C=O) groups is 1. The maximum Gasteiger partial charge on any atom is 0.264 e. The van der Waals surface area contributed by atoms with Gasteiger partial charge in [-0.1, -0.05) is 32.0 Å². The molecule has 0 spiro atoms. The molecule has 4 rings (SSSR count). The Morgan fingerprint density at radius 3 is 2.67 bits per heavy atom. The lowest BCUT2D eigenvalue weighted by molar-refractivity contribution is -0.115. The molecule has 0 aromatic heterocycles. The topological polar surface area (TPSA) is 44.7 Å². The molecule has 156 valence electrons. The molecule has 30 heavy (non-hydrogen) atoms. The van der Waals surface area contributed by atoms with Crippen molar-refractivity contribution >= 4 is 40.3 Å². The predicted molar refractivity (Wildman–Crippen MR) is 129 cm³/mol. The second-order valence-corrected chi connectivity index (χ2v) is 9.83. The SMILES string of the molecule is CCc1ccc(N=C2NC(=O)/C(=C/c3ccc4c(c3)[C@@H](C)CC(C)(C)N4C)S2)cc1. The zero-order valence-corrected chi connectivity index (χ0v) is 19.1. The first kappa shape index (κ1) is 20.7. The molecular formula is C25H29N3OS. The van der Waals surface area contributed by atoms with Crippen molar-refractivity contribution in [3.05, 3.63) is 64.1 Å². The molecule has 1 fully saturated rings. The highest BCUT2D eigenvalue weighted by molar-refractivity contribution is 8.18. The molecule has 4 nitrogen and oxygen atoms in total. The number of thioether (sulfide) groups is 1. The molecule has 2 aromatic carbocycles. The van der Waals surface area contributed by atoms with Gasteiger partial charge in [0.1, 0.15) is 0 Å². The van der Waals surface area contributed by atoms with Gasteiger partial charge in [0, 0.05) is 18.3 Å². The first-order valence-corrected chi connectivity index (χ1v) is 11.3. The first-order chi connectivity index (χ1) is 14.3. The highest BCUT2D eigenvalue weighted by atomic mass is 32.2. The number of amides is 1. The number of carbonyl (C=O) groups excluding carboxylic acids is 1. The van der Waals surface area contributed by atoms with E-state index in [1.807, 2.05) is 18.2 Å². The van der Waals surface area contributed by atoms with Gasteiger partial charge in [-0.25, -0.2) is 4.99 Å². The summed E-state index contributed by atoms with van der Waals surface area (Å²) in [6.45, 7) is 9.00. The van der Waals surface area contributed by atoms with E-state index >= 15 is 0 Å². The molecule has 2 aromatic rings. The number of nitrogens with zero attached hydrogens (tertiary/aromatic N) is 2. The van der Waals surface area contributed by atoms with Crippen LogP contribution in [0.5, 0.6) is 0 Å². The van der Waals surface area contributed by atoms with Crippen LogP contribution in [0.4, 0.5) is 11.4 Å². The third-order valence-electron chi connectivity index (χ3n) is 6.18. The van der Waals surface area contributed by atoms with Crippen molar-refractivity contribution in [2.24, 2.45) is 4.99 Å². The number of benzene rings is 2. The van der Waals surface area contributed by atoms with Crippen LogP contribution in [0.1, 0.15) is 56.7 Å². The summed E-state index contributed by atoms with van der Waals surface area (Å²) in [5.41, 5.74) is 5.96. The van der Waals surface area contributed by atoms with Gasteiger partial charge in [-0.05, 0) is 91.4 Å². The van der Waals surface area contributed by atoms with E-state index in [9.17, 15) is 4.79 Å². The summed E-state index contributed by atoms with van der Waals surface area (Å²) in [5, 5.41) is 3.52. The fourth-order valence-electron chi connectivity index (χ4n) is 4.24. The fraction of sp³-hybridized carbons (Fsp3) is 0.360. The van der Waals surface area contributed by atoms with Gasteiger partial charge in [-0.3, -0.25) is 4.79 Å². The van der Waals surface area contributed by atoms with E-state index < -0.39 is 0 Å². The number of hydrogen-bond acceptors (Lipinski definition) is 4. The van der Waals surface area contributed by atoms with Gasteiger partial charge in [0.25, 0.3) is 5.91 Å². The molecule has 2 aliphatic rings. The Labute approximate surface area is 183 Å². The summed E-state index contributed by atoms with van der Waals surface area (Å²) in [7, 11) is 2.17. The third-order valence-corrected chi connectivity index (χ3v) is 7.09. The number of amidine groups is 1. The van der Waals surface area contributed by atoms with E-state index in [-0.39, 0.29) is 11.4 Å². The monoisotopic (exact) mass is 419 g/mol. The lowest BCUT2D eigenvalue weighted by atomic mass is 9.80. The zero-order chi connectivity index (χ0) is 21.5. The van der Waals surface area contributed by atoms with Gasteiger partial charge >= 0.3 is 0 Å². The zero-order valence-electron chi connectivity index (χ0n) is 18.3. The van der Waals surface area contributed by atoms with Crippen LogP contribution < -0.4 is 10.2 Å². The van der Waals surface area contributed by atoms with Crippen LogP contribution in [0.2, 0.25) is 0 Å². The summed E-state index contributed by atoms with van der Waals surface area (Å²) < 4.78 is 0. The normalized spacial score (nSPS) is 23.0. The smallest absolute Gasteiger partial charge is 0.264 e. The molecule has 2 aliphatic heterocycles. The second kappa shape index (κ2) is 7.95. The summed E-state index contributed by atoms with van der Waals surface area (Å²) >= 11 is 1.40. The standard InChI is InChI=1S/C25H29N3OS/c1-6-17-7-10-19(11-8-17)26-24-27-23(29)22(30-24)14-18-9-12-21-20(13-18)16(2)15-25(3,4)28(21)5/h7-14,16H,6,15H2,1-5H3,(H,26,27,29)/b22-14-/t16-/m0/s1. The van der Waals surface area contributed by atoms with Crippen LogP contribution in [0.25, 0.3) is 6.08 Å². The highest BCUT2D eigenvalue weighted by Crippen LogP contribution is 2.43. The van der Waals surface area contributed by atoms with Crippen molar-refractivity contribution in [2.45, 2.75) is 52.0 Å². The predicted octanol–water partition coefficient (Wildman–Crippen LogP) is 5.86. The Morgan fingerprint density at radius 1 is 1.23 bits per heavy atom. The molecule has 0 radical (unpaired) electrons. The lowest BCUT2D eigenvalue weighted by Crippen LogP contribution is -2.45. The molecular weight excluding hydrogens is 390 g/mol. The Hall–Kier alpha value is -2.53. The van der Waals surface area contributed by atoms with Crippen LogP contribution in [0.15, 0.2) is 52.4 Å². The lowest BCUT2D eigenvalue weighted by Gasteiger charge is -2.45. The summed E-state index contributed by atoms with van der Waals surface area (Å²) in [6, 6.07) is 14.6. The Balaban J connectivity index is 1.57. The molecule has 2 heterocycles. The Bertz CT molecular complexity index is 1040. The van der Waals surface area contributed by atoms with Crippen molar-refractivity contribution in [3.63, 3.8) is 0 Å². The fourth-order valence-corrected chi connectivity index (χ4v) is 5.08. The largest absolute Gasteiger partial charge is 0.369 e. The van der Waals surface area contributed by atoms with E-state index in [0.717, 1.165) is 24.1 Å². The van der Waals surface area contributed by atoms with Gasteiger partial charge in [-0.15, -0.1) is 0 Å². The molecule has 0 aliphatic carbocycles. The van der Waals surface area contributed by atoms with Crippen molar-refractivity contribution in [3.8, 4) is 0 Å². The van der Waals surface area contributed by atoms with Crippen LogP contribution >= 0.6 is 11.8 Å². The summed E-state index contributed by atoms with van der Waals surface area (Å²) in [5.74, 6) is 0.394. The molecule has 1 saturated heterocycles. The molecule has 0 unspecified atom stereocenters. The van der Waals surface area contributed by atoms with Crippen molar-refractivity contribution in [1.29, 1.82) is 0 Å². The number of aliphatic imine (C=N–C) groups is 1. The number of hydrogen-bond donors (Lipinski definition) is 1. The van der Waals surface area contributed by atoms with Gasteiger partial charge in [0.2, 0.25) is 0 Å². The van der Waals surface area contributed by atoms with Crippen molar-refractivity contribution in [1.82, 2.24) is 5.32 Å².